The van der Waals surface area contributed by atoms with Crippen molar-refractivity contribution >= 4 is 26.8 Å². The summed E-state index contributed by atoms with van der Waals surface area (Å²) in [7, 11) is 0. The van der Waals surface area contributed by atoms with Gasteiger partial charge in [-0.15, -0.1) is 0 Å². The van der Waals surface area contributed by atoms with Gasteiger partial charge < -0.3 is 5.32 Å². The molecule has 1 atom stereocenters. The van der Waals surface area contributed by atoms with Crippen molar-refractivity contribution in [2.45, 2.75) is 19.5 Å². The molecule has 0 radical (unpaired) electrons. The minimum absolute atomic E-state index is 0.471. The van der Waals surface area contributed by atoms with Crippen LogP contribution in [-0.2, 0) is 6.54 Å². The fraction of sp³-hybridized carbons (Fsp3) is 0.308. The van der Waals surface area contributed by atoms with Crippen LogP contribution in [0.5, 0.6) is 0 Å². The standard InChI is InChI=1S/C13H15BrN2/c1-10(8-14)16-9-12-5-2-4-11-6-3-7-15-13(11)12/h2-7,10,16H,8-9H2,1H3. The Hall–Kier alpha value is -0.930. The molecule has 0 spiro atoms. The van der Waals surface area contributed by atoms with Crippen LogP contribution in [0.15, 0.2) is 36.5 Å². The lowest BCUT2D eigenvalue weighted by atomic mass is 10.1. The second-order valence-corrected chi connectivity index (χ2v) is 4.58. The van der Waals surface area contributed by atoms with E-state index in [9.17, 15) is 0 Å². The van der Waals surface area contributed by atoms with E-state index in [-0.39, 0.29) is 0 Å². The van der Waals surface area contributed by atoms with Crippen LogP contribution < -0.4 is 5.32 Å². The molecule has 1 aromatic heterocycles. The fourth-order valence-electron chi connectivity index (χ4n) is 1.65. The van der Waals surface area contributed by atoms with E-state index in [4.69, 9.17) is 0 Å². The number of nitrogens with one attached hydrogen (secondary N) is 1. The minimum atomic E-state index is 0.471. The first-order chi connectivity index (χ1) is 7.81. The van der Waals surface area contributed by atoms with E-state index in [2.05, 4.69) is 57.4 Å². The zero-order chi connectivity index (χ0) is 11.4. The van der Waals surface area contributed by atoms with E-state index >= 15 is 0 Å². The van der Waals surface area contributed by atoms with Gasteiger partial charge in [0.1, 0.15) is 0 Å². The predicted molar refractivity (Wildman–Crippen MR) is 71.8 cm³/mol. The van der Waals surface area contributed by atoms with Gasteiger partial charge in [0.25, 0.3) is 0 Å². The van der Waals surface area contributed by atoms with Gasteiger partial charge in [0.05, 0.1) is 5.52 Å². The molecule has 1 N–H and O–H groups in total. The van der Waals surface area contributed by atoms with Crippen LogP contribution in [0.1, 0.15) is 12.5 Å². The Morgan fingerprint density at radius 3 is 2.94 bits per heavy atom. The van der Waals surface area contributed by atoms with Crippen LogP contribution in [0.4, 0.5) is 0 Å². The minimum Gasteiger partial charge on any atom is -0.309 e. The number of rotatable bonds is 4. The second-order valence-electron chi connectivity index (χ2n) is 3.93. The van der Waals surface area contributed by atoms with Gasteiger partial charge in [0.15, 0.2) is 0 Å². The normalized spacial score (nSPS) is 12.9. The van der Waals surface area contributed by atoms with Crippen molar-refractivity contribution in [1.82, 2.24) is 10.3 Å². The van der Waals surface area contributed by atoms with Crippen molar-refractivity contribution in [1.29, 1.82) is 0 Å². The highest BCUT2D eigenvalue weighted by atomic mass is 79.9. The number of halogens is 1. The highest BCUT2D eigenvalue weighted by Crippen LogP contribution is 2.15. The van der Waals surface area contributed by atoms with E-state index in [0.717, 1.165) is 17.4 Å². The SMILES string of the molecule is CC(CBr)NCc1cccc2cccnc12. The van der Waals surface area contributed by atoms with Crippen molar-refractivity contribution in [3.63, 3.8) is 0 Å². The number of fused-ring (bicyclic) bond motifs is 1. The molecule has 0 aliphatic carbocycles. The van der Waals surface area contributed by atoms with Gasteiger partial charge in [0, 0.05) is 29.5 Å². The number of hydrogen-bond donors (Lipinski definition) is 1. The first kappa shape index (κ1) is 11.6. The van der Waals surface area contributed by atoms with E-state index in [1.54, 1.807) is 0 Å². The Bertz CT molecular complexity index is 465. The largest absolute Gasteiger partial charge is 0.309 e. The molecule has 1 heterocycles. The third kappa shape index (κ3) is 2.60. The molecular weight excluding hydrogens is 264 g/mol. The molecule has 0 fully saturated rings. The first-order valence-electron chi connectivity index (χ1n) is 5.43. The predicted octanol–water partition coefficient (Wildman–Crippen LogP) is 3.11. The topological polar surface area (TPSA) is 24.9 Å². The van der Waals surface area contributed by atoms with Gasteiger partial charge in [-0.2, -0.15) is 0 Å². The molecule has 0 saturated carbocycles. The molecule has 0 aliphatic heterocycles. The monoisotopic (exact) mass is 278 g/mol. The Morgan fingerprint density at radius 2 is 2.12 bits per heavy atom. The van der Waals surface area contributed by atoms with Crippen molar-refractivity contribution in [3.05, 3.63) is 42.1 Å². The smallest absolute Gasteiger partial charge is 0.0746 e. The molecule has 1 unspecified atom stereocenters. The fourth-order valence-corrected chi connectivity index (χ4v) is 1.88. The van der Waals surface area contributed by atoms with Crippen LogP contribution in [-0.4, -0.2) is 16.4 Å². The molecule has 1 aromatic carbocycles. The Labute approximate surface area is 104 Å². The Balaban J connectivity index is 2.23. The molecule has 0 saturated heterocycles. The maximum absolute atomic E-state index is 4.43. The van der Waals surface area contributed by atoms with Crippen molar-refractivity contribution in [2.24, 2.45) is 0 Å². The lowest BCUT2D eigenvalue weighted by Crippen LogP contribution is -2.26. The summed E-state index contributed by atoms with van der Waals surface area (Å²) in [5.41, 5.74) is 2.35. The van der Waals surface area contributed by atoms with Gasteiger partial charge >= 0.3 is 0 Å². The summed E-state index contributed by atoms with van der Waals surface area (Å²) >= 11 is 3.46. The van der Waals surface area contributed by atoms with Gasteiger partial charge in [-0.25, -0.2) is 0 Å². The summed E-state index contributed by atoms with van der Waals surface area (Å²) in [4.78, 5) is 4.43. The molecule has 0 aliphatic rings. The van der Waals surface area contributed by atoms with Crippen molar-refractivity contribution < 1.29 is 0 Å². The summed E-state index contributed by atoms with van der Waals surface area (Å²) in [5, 5.41) is 5.62. The second kappa shape index (κ2) is 5.41. The number of aromatic nitrogens is 1. The summed E-state index contributed by atoms with van der Waals surface area (Å²) in [6.07, 6.45) is 1.85. The molecule has 2 aromatic rings. The number of para-hydroxylation sites is 1. The van der Waals surface area contributed by atoms with Crippen LogP contribution in [0.25, 0.3) is 10.9 Å². The molecule has 2 nitrogen and oxygen atoms in total. The van der Waals surface area contributed by atoms with Gasteiger partial charge in [0.2, 0.25) is 0 Å². The van der Waals surface area contributed by atoms with Crippen LogP contribution >= 0.6 is 15.9 Å². The van der Waals surface area contributed by atoms with Crippen LogP contribution in [0, 0.1) is 0 Å². The van der Waals surface area contributed by atoms with E-state index in [1.807, 2.05) is 12.3 Å². The average molecular weight is 279 g/mol. The first-order valence-corrected chi connectivity index (χ1v) is 6.55. The molecule has 84 valence electrons. The van der Waals surface area contributed by atoms with Gasteiger partial charge in [-0.3, -0.25) is 4.98 Å². The van der Waals surface area contributed by atoms with Crippen molar-refractivity contribution in [3.8, 4) is 0 Å². The average Bonchev–Trinajstić information content (AvgIpc) is 2.35. The molecule has 2 rings (SSSR count). The third-order valence-electron chi connectivity index (χ3n) is 2.59. The zero-order valence-electron chi connectivity index (χ0n) is 9.28. The number of pyridine rings is 1. The lowest BCUT2D eigenvalue weighted by molar-refractivity contribution is 0.600. The quantitative estimate of drug-likeness (QED) is 0.870. The molecular formula is C13H15BrN2. The van der Waals surface area contributed by atoms with Crippen molar-refractivity contribution in [2.75, 3.05) is 5.33 Å². The number of alkyl halides is 1. The summed E-state index contributed by atoms with van der Waals surface area (Å²) in [5.74, 6) is 0. The highest BCUT2D eigenvalue weighted by Gasteiger charge is 2.03. The third-order valence-corrected chi connectivity index (χ3v) is 3.56. The molecule has 0 bridgehead atoms. The molecule has 0 amide bonds. The van der Waals surface area contributed by atoms with Gasteiger partial charge in [-0.1, -0.05) is 40.2 Å². The summed E-state index contributed by atoms with van der Waals surface area (Å²) < 4.78 is 0. The van der Waals surface area contributed by atoms with Crippen LogP contribution in [0.2, 0.25) is 0 Å². The maximum atomic E-state index is 4.43. The van der Waals surface area contributed by atoms with E-state index in [1.165, 1.54) is 10.9 Å². The maximum Gasteiger partial charge on any atom is 0.0746 e. The number of benzene rings is 1. The van der Waals surface area contributed by atoms with Crippen LogP contribution in [0.3, 0.4) is 0 Å². The highest BCUT2D eigenvalue weighted by molar-refractivity contribution is 9.09. The summed E-state index contributed by atoms with van der Waals surface area (Å²) in [6.45, 7) is 3.02. The summed E-state index contributed by atoms with van der Waals surface area (Å²) in [6, 6.07) is 10.8. The molecule has 16 heavy (non-hydrogen) atoms. The zero-order valence-corrected chi connectivity index (χ0v) is 10.9. The Morgan fingerprint density at radius 1 is 1.31 bits per heavy atom. The van der Waals surface area contributed by atoms with Gasteiger partial charge in [-0.05, 0) is 18.6 Å². The van der Waals surface area contributed by atoms with E-state index in [0.29, 0.717) is 6.04 Å². The lowest BCUT2D eigenvalue weighted by Gasteiger charge is -2.11. The molecule has 3 heteroatoms. The Kier molecular flexibility index (Phi) is 3.91. The number of hydrogen-bond acceptors (Lipinski definition) is 2. The number of nitrogens with zero attached hydrogens (tertiary/aromatic N) is 1. The van der Waals surface area contributed by atoms with E-state index < -0.39 is 0 Å².